The number of methoxy groups -OCH3 is 1. The molecule has 2 aromatic carbocycles. The van der Waals surface area contributed by atoms with Crippen LogP contribution in [0, 0.1) is 3.57 Å². The van der Waals surface area contributed by atoms with Crippen LogP contribution in [0.2, 0.25) is 0 Å². The molecule has 0 fully saturated rings. The number of ether oxygens (including phenoxy) is 2. The van der Waals surface area contributed by atoms with Crippen LogP contribution in [0.4, 0.5) is 0 Å². The van der Waals surface area contributed by atoms with Crippen molar-refractivity contribution in [3.05, 3.63) is 63.2 Å². The van der Waals surface area contributed by atoms with Gasteiger partial charge in [-0.2, -0.15) is 0 Å². The number of hydrogen-bond acceptors (Lipinski definition) is 2. The highest BCUT2D eigenvalue weighted by Gasteiger charge is 1.98. The summed E-state index contributed by atoms with van der Waals surface area (Å²) >= 11 is 2.30. The SMILES string of the molecule is COCOc1ccccc1/C=C/c1ccc(I)cc1. The van der Waals surface area contributed by atoms with Crippen LogP contribution in [0.5, 0.6) is 5.75 Å². The van der Waals surface area contributed by atoms with Gasteiger partial charge in [0.2, 0.25) is 0 Å². The monoisotopic (exact) mass is 366 g/mol. The lowest BCUT2D eigenvalue weighted by Gasteiger charge is -2.07. The van der Waals surface area contributed by atoms with E-state index in [4.69, 9.17) is 9.47 Å². The van der Waals surface area contributed by atoms with Gasteiger partial charge in [-0.15, -0.1) is 0 Å². The van der Waals surface area contributed by atoms with Crippen molar-refractivity contribution in [2.75, 3.05) is 13.9 Å². The third kappa shape index (κ3) is 4.36. The average Bonchev–Trinajstić information content (AvgIpc) is 2.45. The zero-order valence-electron chi connectivity index (χ0n) is 10.7. The summed E-state index contributed by atoms with van der Waals surface area (Å²) in [7, 11) is 1.62. The van der Waals surface area contributed by atoms with Gasteiger partial charge in [0.25, 0.3) is 0 Å². The summed E-state index contributed by atoms with van der Waals surface area (Å²) in [6, 6.07) is 16.3. The Balaban J connectivity index is 2.15. The Labute approximate surface area is 127 Å². The zero-order chi connectivity index (χ0) is 13.5. The standard InChI is InChI=1S/C16H15IO2/c1-18-12-19-16-5-3-2-4-14(16)9-6-13-7-10-15(17)11-8-13/h2-11H,12H2,1H3/b9-6+. The van der Waals surface area contributed by atoms with E-state index >= 15 is 0 Å². The van der Waals surface area contributed by atoms with E-state index in [0.717, 1.165) is 11.3 Å². The summed E-state index contributed by atoms with van der Waals surface area (Å²) in [6.07, 6.45) is 4.12. The largest absolute Gasteiger partial charge is 0.467 e. The summed E-state index contributed by atoms with van der Waals surface area (Å²) in [5, 5.41) is 0. The highest BCUT2D eigenvalue weighted by Crippen LogP contribution is 2.20. The van der Waals surface area contributed by atoms with E-state index in [1.165, 1.54) is 9.13 Å². The maximum absolute atomic E-state index is 5.52. The van der Waals surface area contributed by atoms with Crippen molar-refractivity contribution in [1.29, 1.82) is 0 Å². The number of halogens is 1. The van der Waals surface area contributed by atoms with Gasteiger partial charge in [0, 0.05) is 16.2 Å². The lowest BCUT2D eigenvalue weighted by atomic mass is 10.1. The molecular formula is C16H15IO2. The van der Waals surface area contributed by atoms with E-state index in [-0.39, 0.29) is 6.79 Å². The first-order valence-electron chi connectivity index (χ1n) is 5.94. The molecule has 0 bridgehead atoms. The molecule has 0 atom stereocenters. The Morgan fingerprint density at radius 1 is 1.00 bits per heavy atom. The van der Waals surface area contributed by atoms with Crippen LogP contribution in [0.3, 0.4) is 0 Å². The molecule has 0 radical (unpaired) electrons. The highest BCUT2D eigenvalue weighted by atomic mass is 127. The molecule has 0 saturated carbocycles. The maximum atomic E-state index is 5.52. The van der Waals surface area contributed by atoms with Crippen molar-refractivity contribution in [2.45, 2.75) is 0 Å². The third-order valence-electron chi connectivity index (χ3n) is 2.58. The zero-order valence-corrected chi connectivity index (χ0v) is 12.8. The summed E-state index contributed by atoms with van der Waals surface area (Å²) in [6.45, 7) is 0.258. The maximum Gasteiger partial charge on any atom is 0.188 e. The fourth-order valence-electron chi connectivity index (χ4n) is 1.63. The van der Waals surface area contributed by atoms with E-state index < -0.39 is 0 Å². The second-order valence-electron chi connectivity index (χ2n) is 3.97. The van der Waals surface area contributed by atoms with Gasteiger partial charge in [0.1, 0.15) is 5.75 Å². The Kier molecular flexibility index (Phi) is 5.42. The quantitative estimate of drug-likeness (QED) is 0.442. The molecule has 0 aliphatic heterocycles. The molecule has 0 heterocycles. The first-order valence-corrected chi connectivity index (χ1v) is 7.02. The van der Waals surface area contributed by atoms with E-state index in [9.17, 15) is 0 Å². The van der Waals surface area contributed by atoms with Crippen molar-refractivity contribution in [3.8, 4) is 5.75 Å². The normalized spacial score (nSPS) is 10.8. The van der Waals surface area contributed by atoms with Gasteiger partial charge in [-0.1, -0.05) is 42.5 Å². The van der Waals surface area contributed by atoms with Gasteiger partial charge in [-0.3, -0.25) is 0 Å². The molecular weight excluding hydrogens is 351 g/mol. The van der Waals surface area contributed by atoms with Crippen molar-refractivity contribution in [3.63, 3.8) is 0 Å². The summed E-state index contributed by atoms with van der Waals surface area (Å²) in [4.78, 5) is 0. The van der Waals surface area contributed by atoms with Gasteiger partial charge in [0.15, 0.2) is 6.79 Å². The molecule has 0 amide bonds. The topological polar surface area (TPSA) is 18.5 Å². The van der Waals surface area contributed by atoms with E-state index in [1.807, 2.05) is 30.3 Å². The smallest absolute Gasteiger partial charge is 0.188 e. The van der Waals surface area contributed by atoms with Crippen LogP contribution >= 0.6 is 22.6 Å². The van der Waals surface area contributed by atoms with Crippen molar-refractivity contribution < 1.29 is 9.47 Å². The van der Waals surface area contributed by atoms with Crippen molar-refractivity contribution in [1.82, 2.24) is 0 Å². The molecule has 98 valence electrons. The lowest BCUT2D eigenvalue weighted by Crippen LogP contribution is -1.99. The van der Waals surface area contributed by atoms with Crippen LogP contribution in [0.15, 0.2) is 48.5 Å². The molecule has 19 heavy (non-hydrogen) atoms. The van der Waals surface area contributed by atoms with E-state index in [1.54, 1.807) is 7.11 Å². The van der Waals surface area contributed by atoms with Crippen LogP contribution in [-0.4, -0.2) is 13.9 Å². The van der Waals surface area contributed by atoms with Crippen LogP contribution in [-0.2, 0) is 4.74 Å². The highest BCUT2D eigenvalue weighted by molar-refractivity contribution is 14.1. The first-order chi connectivity index (χ1) is 9.29. The van der Waals surface area contributed by atoms with E-state index in [0.29, 0.717) is 0 Å². The summed E-state index contributed by atoms with van der Waals surface area (Å²) in [5.74, 6) is 0.825. The van der Waals surface area contributed by atoms with Gasteiger partial charge < -0.3 is 9.47 Å². The van der Waals surface area contributed by atoms with Gasteiger partial charge in [-0.25, -0.2) is 0 Å². The van der Waals surface area contributed by atoms with E-state index in [2.05, 4.69) is 52.9 Å². The lowest BCUT2D eigenvalue weighted by molar-refractivity contribution is 0.0510. The molecule has 0 spiro atoms. The van der Waals surface area contributed by atoms with Gasteiger partial charge in [-0.05, 0) is 46.4 Å². The van der Waals surface area contributed by atoms with Crippen LogP contribution in [0.1, 0.15) is 11.1 Å². The summed E-state index contributed by atoms with van der Waals surface area (Å²) < 4.78 is 11.7. The number of hydrogen-bond donors (Lipinski definition) is 0. The molecule has 2 aromatic rings. The predicted octanol–water partition coefficient (Wildman–Crippen LogP) is 4.44. The fourth-order valence-corrected chi connectivity index (χ4v) is 1.99. The molecule has 0 aliphatic carbocycles. The van der Waals surface area contributed by atoms with Crippen LogP contribution < -0.4 is 4.74 Å². The Morgan fingerprint density at radius 2 is 1.74 bits per heavy atom. The molecule has 0 aliphatic rings. The minimum absolute atomic E-state index is 0.258. The Morgan fingerprint density at radius 3 is 2.47 bits per heavy atom. The Bertz CT molecular complexity index is 547. The van der Waals surface area contributed by atoms with Crippen molar-refractivity contribution in [2.24, 2.45) is 0 Å². The Hall–Kier alpha value is -1.33. The summed E-state index contributed by atoms with van der Waals surface area (Å²) in [5.41, 5.74) is 2.21. The minimum atomic E-state index is 0.258. The predicted molar refractivity (Wildman–Crippen MR) is 87.0 cm³/mol. The molecule has 2 nitrogen and oxygen atoms in total. The number of benzene rings is 2. The molecule has 2 rings (SSSR count). The van der Waals surface area contributed by atoms with Crippen molar-refractivity contribution >= 4 is 34.7 Å². The van der Waals surface area contributed by atoms with Gasteiger partial charge in [0.05, 0.1) is 0 Å². The number of para-hydroxylation sites is 1. The molecule has 0 aromatic heterocycles. The van der Waals surface area contributed by atoms with Gasteiger partial charge >= 0.3 is 0 Å². The first kappa shape index (κ1) is 14.1. The molecule has 0 unspecified atom stereocenters. The van der Waals surface area contributed by atoms with Crippen LogP contribution in [0.25, 0.3) is 12.2 Å². The minimum Gasteiger partial charge on any atom is -0.467 e. The molecule has 0 saturated heterocycles. The molecule has 0 N–H and O–H groups in total. The fraction of sp³-hybridized carbons (Fsp3) is 0.125. The second kappa shape index (κ2) is 7.31. The third-order valence-corrected chi connectivity index (χ3v) is 3.30. The average molecular weight is 366 g/mol. The number of rotatable bonds is 5. The second-order valence-corrected chi connectivity index (χ2v) is 5.22. The molecule has 3 heteroatoms.